The van der Waals surface area contributed by atoms with E-state index in [0.717, 1.165) is 13.0 Å². The van der Waals surface area contributed by atoms with Crippen LogP contribution in [0.4, 0.5) is 0 Å². The predicted molar refractivity (Wildman–Crippen MR) is 74.9 cm³/mol. The van der Waals surface area contributed by atoms with Gasteiger partial charge in [0.2, 0.25) is 10.0 Å². The minimum atomic E-state index is -3.66. The summed E-state index contributed by atoms with van der Waals surface area (Å²) in [4.78, 5) is 0.201. The number of nitrogens with one attached hydrogen (secondary N) is 2. The molecule has 1 atom stereocenters. The molecule has 1 saturated heterocycles. The number of aryl methyl sites for hydroxylation is 2. The highest BCUT2D eigenvalue weighted by Crippen LogP contribution is 2.20. The van der Waals surface area contributed by atoms with Gasteiger partial charge in [0.25, 0.3) is 0 Å². The number of sulfonamides is 1. The Hall–Kier alpha value is -0.960. The third-order valence-corrected chi connectivity index (χ3v) is 5.41. The van der Waals surface area contributed by atoms with Crippen molar-refractivity contribution in [2.75, 3.05) is 19.6 Å². The van der Waals surface area contributed by atoms with Crippen LogP contribution in [-0.4, -0.2) is 48.5 Å². The topological polar surface area (TPSA) is 96.2 Å². The normalized spacial score (nSPS) is 24.0. The molecule has 0 spiro atoms. The van der Waals surface area contributed by atoms with E-state index in [4.69, 9.17) is 0 Å². The number of hydrogen-bond donors (Lipinski definition) is 3. The van der Waals surface area contributed by atoms with Crippen molar-refractivity contribution < 1.29 is 13.5 Å². The van der Waals surface area contributed by atoms with E-state index >= 15 is 0 Å². The number of β-amino-alcohol motifs (C(OH)–C–C–N with tert-alkyl or cyclic N) is 1. The lowest BCUT2D eigenvalue weighted by atomic mass is 9.95. The monoisotopic (exact) mass is 302 g/mol. The summed E-state index contributed by atoms with van der Waals surface area (Å²) in [5.74, 6) is 0. The first-order chi connectivity index (χ1) is 9.25. The van der Waals surface area contributed by atoms with Gasteiger partial charge in [-0.25, -0.2) is 13.1 Å². The molecule has 0 amide bonds. The Morgan fingerprint density at radius 1 is 1.50 bits per heavy atom. The molecule has 0 bridgehead atoms. The molecule has 1 aliphatic heterocycles. The molecule has 1 aliphatic rings. The van der Waals surface area contributed by atoms with Crippen molar-refractivity contribution >= 4 is 10.0 Å². The molecule has 1 aromatic heterocycles. The molecule has 0 radical (unpaired) electrons. The SMILES string of the molecule is Cc1nn(C)c(C)c1S(=O)(=O)NC[C@]1(O)CCCNC1. The first-order valence-corrected chi connectivity index (χ1v) is 8.16. The van der Waals surface area contributed by atoms with Gasteiger partial charge in [0.1, 0.15) is 4.90 Å². The fraction of sp³-hybridized carbons (Fsp3) is 0.750. The molecule has 114 valence electrons. The van der Waals surface area contributed by atoms with Gasteiger partial charge < -0.3 is 10.4 Å². The van der Waals surface area contributed by atoms with Crippen LogP contribution in [0.2, 0.25) is 0 Å². The maximum Gasteiger partial charge on any atom is 0.244 e. The highest BCUT2D eigenvalue weighted by Gasteiger charge is 2.32. The van der Waals surface area contributed by atoms with Gasteiger partial charge in [0.05, 0.1) is 17.0 Å². The highest BCUT2D eigenvalue weighted by molar-refractivity contribution is 7.89. The average molecular weight is 302 g/mol. The average Bonchev–Trinajstić information content (AvgIpc) is 2.63. The third kappa shape index (κ3) is 3.03. The Bertz CT molecular complexity index is 588. The first kappa shape index (κ1) is 15.4. The van der Waals surface area contributed by atoms with E-state index in [1.54, 1.807) is 25.6 Å². The number of rotatable bonds is 4. The van der Waals surface area contributed by atoms with Crippen molar-refractivity contribution in [3.05, 3.63) is 11.4 Å². The maximum atomic E-state index is 12.4. The van der Waals surface area contributed by atoms with Crippen LogP contribution in [0.25, 0.3) is 0 Å². The van der Waals surface area contributed by atoms with E-state index in [1.165, 1.54) is 0 Å². The molecule has 7 nitrogen and oxygen atoms in total. The molecule has 0 unspecified atom stereocenters. The molecular weight excluding hydrogens is 280 g/mol. The summed E-state index contributed by atoms with van der Waals surface area (Å²) in [5.41, 5.74) is 0.0324. The molecular formula is C12H22N4O3S. The van der Waals surface area contributed by atoms with Crippen LogP contribution in [0, 0.1) is 13.8 Å². The Morgan fingerprint density at radius 3 is 2.70 bits per heavy atom. The van der Waals surface area contributed by atoms with Crippen molar-refractivity contribution in [3.63, 3.8) is 0 Å². The lowest BCUT2D eigenvalue weighted by Crippen LogP contribution is -2.52. The van der Waals surface area contributed by atoms with Gasteiger partial charge in [0, 0.05) is 20.1 Å². The lowest BCUT2D eigenvalue weighted by Gasteiger charge is -2.32. The van der Waals surface area contributed by atoms with Crippen molar-refractivity contribution in [1.82, 2.24) is 19.8 Å². The van der Waals surface area contributed by atoms with Crippen LogP contribution in [0.1, 0.15) is 24.2 Å². The number of aromatic nitrogens is 2. The van der Waals surface area contributed by atoms with Gasteiger partial charge in [0.15, 0.2) is 0 Å². The maximum absolute atomic E-state index is 12.4. The van der Waals surface area contributed by atoms with Gasteiger partial charge in [-0.3, -0.25) is 4.68 Å². The molecule has 20 heavy (non-hydrogen) atoms. The van der Waals surface area contributed by atoms with E-state index in [9.17, 15) is 13.5 Å². The van der Waals surface area contributed by atoms with Crippen LogP contribution in [-0.2, 0) is 17.1 Å². The summed E-state index contributed by atoms with van der Waals surface area (Å²) in [6, 6.07) is 0. The van der Waals surface area contributed by atoms with E-state index in [0.29, 0.717) is 24.4 Å². The molecule has 2 heterocycles. The highest BCUT2D eigenvalue weighted by atomic mass is 32.2. The zero-order valence-electron chi connectivity index (χ0n) is 12.1. The zero-order valence-corrected chi connectivity index (χ0v) is 12.9. The second kappa shape index (κ2) is 5.44. The Labute approximate surface area is 119 Å². The summed E-state index contributed by atoms with van der Waals surface area (Å²) in [6.45, 7) is 4.65. The number of nitrogens with zero attached hydrogens (tertiary/aromatic N) is 2. The van der Waals surface area contributed by atoms with E-state index in [1.807, 2.05) is 0 Å². The first-order valence-electron chi connectivity index (χ1n) is 6.68. The Balaban J connectivity index is 2.15. The third-order valence-electron chi connectivity index (χ3n) is 3.75. The fourth-order valence-corrected chi connectivity index (χ4v) is 4.10. The summed E-state index contributed by atoms with van der Waals surface area (Å²) in [5, 5.41) is 17.5. The van der Waals surface area contributed by atoms with E-state index < -0.39 is 15.6 Å². The molecule has 1 fully saturated rings. The molecule has 8 heteroatoms. The second-order valence-corrected chi connectivity index (χ2v) is 7.16. The van der Waals surface area contributed by atoms with Crippen molar-refractivity contribution in [1.29, 1.82) is 0 Å². The lowest BCUT2D eigenvalue weighted by molar-refractivity contribution is 0.0218. The number of hydrogen-bond acceptors (Lipinski definition) is 5. The van der Waals surface area contributed by atoms with Gasteiger partial charge in [-0.05, 0) is 33.2 Å². The molecule has 0 aromatic carbocycles. The van der Waals surface area contributed by atoms with Gasteiger partial charge >= 0.3 is 0 Å². The second-order valence-electron chi connectivity index (χ2n) is 5.45. The van der Waals surface area contributed by atoms with E-state index in [-0.39, 0.29) is 11.4 Å². The predicted octanol–water partition coefficient (Wildman–Crippen LogP) is -0.570. The van der Waals surface area contributed by atoms with Gasteiger partial charge in [-0.2, -0.15) is 5.10 Å². The van der Waals surface area contributed by atoms with Gasteiger partial charge in [-0.15, -0.1) is 0 Å². The minimum Gasteiger partial charge on any atom is -0.387 e. The van der Waals surface area contributed by atoms with Crippen LogP contribution in [0.5, 0.6) is 0 Å². The Morgan fingerprint density at radius 2 is 2.20 bits per heavy atom. The van der Waals surface area contributed by atoms with Crippen LogP contribution >= 0.6 is 0 Å². The zero-order chi connectivity index (χ0) is 15.0. The minimum absolute atomic E-state index is 0.0100. The Kier molecular flexibility index (Phi) is 4.19. The van der Waals surface area contributed by atoms with E-state index in [2.05, 4.69) is 15.1 Å². The molecule has 1 aromatic rings. The summed E-state index contributed by atoms with van der Waals surface area (Å²) >= 11 is 0. The smallest absolute Gasteiger partial charge is 0.244 e. The van der Waals surface area contributed by atoms with Crippen molar-refractivity contribution in [2.24, 2.45) is 7.05 Å². The summed E-state index contributed by atoms with van der Waals surface area (Å²) in [7, 11) is -1.95. The quantitative estimate of drug-likeness (QED) is 0.692. The molecule has 3 N–H and O–H groups in total. The van der Waals surface area contributed by atoms with Gasteiger partial charge in [-0.1, -0.05) is 0 Å². The molecule has 2 rings (SSSR count). The van der Waals surface area contributed by atoms with Crippen LogP contribution in [0.3, 0.4) is 0 Å². The van der Waals surface area contributed by atoms with Crippen LogP contribution in [0.15, 0.2) is 4.90 Å². The molecule has 0 saturated carbocycles. The fourth-order valence-electron chi connectivity index (χ4n) is 2.55. The number of aliphatic hydroxyl groups is 1. The van der Waals surface area contributed by atoms with Crippen molar-refractivity contribution in [2.45, 2.75) is 37.2 Å². The largest absolute Gasteiger partial charge is 0.387 e. The summed E-state index contributed by atoms with van der Waals surface area (Å²) < 4.78 is 28.8. The summed E-state index contributed by atoms with van der Waals surface area (Å²) in [6.07, 6.45) is 1.43. The molecule has 0 aliphatic carbocycles. The van der Waals surface area contributed by atoms with Crippen LogP contribution < -0.4 is 10.0 Å². The number of piperidine rings is 1. The standard InChI is InChI=1S/C12H22N4O3S/c1-9-11(10(2)16(3)15-9)20(18,19)14-8-12(17)5-4-6-13-7-12/h13-14,17H,4-8H2,1-3H3/t12-/m0/s1. The van der Waals surface area contributed by atoms with Crippen molar-refractivity contribution in [3.8, 4) is 0 Å².